The van der Waals surface area contributed by atoms with Gasteiger partial charge in [0.1, 0.15) is 6.04 Å². The van der Waals surface area contributed by atoms with Crippen LogP contribution in [-0.4, -0.2) is 34.0 Å². The number of carbonyl (C=O) groups excluding carboxylic acids is 1. The highest BCUT2D eigenvalue weighted by Gasteiger charge is 2.17. The van der Waals surface area contributed by atoms with Crippen molar-refractivity contribution in [3.05, 3.63) is 0 Å². The third-order valence-corrected chi connectivity index (χ3v) is 3.43. The van der Waals surface area contributed by atoms with E-state index in [9.17, 15) is 9.59 Å². The van der Waals surface area contributed by atoms with Crippen molar-refractivity contribution in [2.45, 2.75) is 44.9 Å². The van der Waals surface area contributed by atoms with Crippen LogP contribution in [0.5, 0.6) is 0 Å². The zero-order chi connectivity index (χ0) is 11.8. The fraction of sp³-hybridized carbons (Fsp3) is 0.800. The lowest BCUT2D eigenvalue weighted by Gasteiger charge is -2.14. The minimum atomic E-state index is -0.963. The predicted molar refractivity (Wildman–Crippen MR) is 62.1 cm³/mol. The average Bonchev–Trinajstić information content (AvgIpc) is 2.15. The van der Waals surface area contributed by atoms with Gasteiger partial charge in [0, 0.05) is 12.2 Å². The number of aliphatic carboxylic acids is 1. The Kier molecular flexibility index (Phi) is 7.21. The maximum atomic E-state index is 10.8. The van der Waals surface area contributed by atoms with Crippen LogP contribution in [0.2, 0.25) is 0 Å². The van der Waals surface area contributed by atoms with Gasteiger partial charge >= 0.3 is 5.97 Å². The van der Waals surface area contributed by atoms with Gasteiger partial charge in [-0.25, -0.2) is 4.79 Å². The van der Waals surface area contributed by atoms with E-state index >= 15 is 0 Å². The Morgan fingerprint density at radius 2 is 2.07 bits per heavy atom. The van der Waals surface area contributed by atoms with Crippen molar-refractivity contribution in [3.8, 4) is 0 Å². The molecule has 0 aromatic rings. The van der Waals surface area contributed by atoms with E-state index in [4.69, 9.17) is 5.11 Å². The molecule has 0 bridgehead atoms. The van der Waals surface area contributed by atoms with E-state index in [-0.39, 0.29) is 5.91 Å². The normalized spacial score (nSPS) is 14.3. The number of carbonyl (C=O) groups is 2. The molecule has 0 aromatic carbocycles. The van der Waals surface area contributed by atoms with Crippen LogP contribution in [0.1, 0.15) is 33.6 Å². The molecule has 1 amide bonds. The third kappa shape index (κ3) is 7.25. The first kappa shape index (κ1) is 14.3. The Morgan fingerprint density at radius 1 is 1.47 bits per heavy atom. The van der Waals surface area contributed by atoms with Crippen molar-refractivity contribution in [3.63, 3.8) is 0 Å². The molecular formula is C10H19NO3S. The molecule has 0 fully saturated rings. The molecule has 0 aliphatic heterocycles. The molecule has 5 heteroatoms. The predicted octanol–water partition coefficient (Wildman–Crippen LogP) is 1.50. The summed E-state index contributed by atoms with van der Waals surface area (Å²) in [6.07, 6.45) is 1.55. The summed E-state index contributed by atoms with van der Waals surface area (Å²) in [6, 6.07) is -0.751. The fourth-order valence-corrected chi connectivity index (χ4v) is 2.02. The van der Waals surface area contributed by atoms with Crippen LogP contribution in [0, 0.1) is 0 Å². The van der Waals surface area contributed by atoms with Crippen LogP contribution in [0.15, 0.2) is 0 Å². The van der Waals surface area contributed by atoms with E-state index in [0.717, 1.165) is 12.2 Å². The van der Waals surface area contributed by atoms with E-state index in [1.165, 1.54) is 6.92 Å². The standard InChI is InChI=1S/C10H19NO3S/c1-4-7(2)15-6-5-9(10(13)14)11-8(3)12/h7,9H,4-6H2,1-3H3,(H,11,12)(H,13,14). The van der Waals surface area contributed by atoms with Crippen molar-refractivity contribution < 1.29 is 14.7 Å². The number of hydrogen-bond acceptors (Lipinski definition) is 3. The number of carboxylic acid groups (broad SMARTS) is 1. The molecule has 0 saturated carbocycles. The lowest BCUT2D eigenvalue weighted by molar-refractivity contribution is -0.141. The molecule has 0 radical (unpaired) electrons. The van der Waals surface area contributed by atoms with Gasteiger partial charge in [-0.1, -0.05) is 13.8 Å². The summed E-state index contributed by atoms with van der Waals surface area (Å²) in [4.78, 5) is 21.5. The summed E-state index contributed by atoms with van der Waals surface area (Å²) >= 11 is 1.73. The van der Waals surface area contributed by atoms with Crippen LogP contribution >= 0.6 is 11.8 Å². The summed E-state index contributed by atoms with van der Waals surface area (Å²) in [5.41, 5.74) is 0. The molecule has 0 heterocycles. The van der Waals surface area contributed by atoms with Crippen molar-refractivity contribution in [1.29, 1.82) is 0 Å². The molecule has 15 heavy (non-hydrogen) atoms. The molecule has 0 saturated heterocycles. The molecule has 4 nitrogen and oxygen atoms in total. The van der Waals surface area contributed by atoms with E-state index in [0.29, 0.717) is 11.7 Å². The van der Waals surface area contributed by atoms with Crippen LogP contribution in [0.4, 0.5) is 0 Å². The van der Waals surface area contributed by atoms with Crippen LogP contribution in [0.25, 0.3) is 0 Å². The van der Waals surface area contributed by atoms with Gasteiger partial charge in [0.15, 0.2) is 0 Å². The maximum absolute atomic E-state index is 10.8. The zero-order valence-corrected chi connectivity index (χ0v) is 10.3. The van der Waals surface area contributed by atoms with Crippen LogP contribution < -0.4 is 5.32 Å². The summed E-state index contributed by atoms with van der Waals surface area (Å²) in [6.45, 7) is 5.54. The van der Waals surface area contributed by atoms with Gasteiger partial charge in [0.25, 0.3) is 0 Å². The lowest BCUT2D eigenvalue weighted by atomic mass is 10.2. The Hall–Kier alpha value is -0.710. The summed E-state index contributed by atoms with van der Waals surface area (Å²) in [5, 5.41) is 11.8. The van der Waals surface area contributed by atoms with Gasteiger partial charge in [-0.2, -0.15) is 11.8 Å². The molecule has 2 unspecified atom stereocenters. The van der Waals surface area contributed by atoms with Gasteiger partial charge in [-0.3, -0.25) is 4.79 Å². The smallest absolute Gasteiger partial charge is 0.326 e. The second kappa shape index (κ2) is 7.56. The average molecular weight is 233 g/mol. The third-order valence-electron chi connectivity index (χ3n) is 2.06. The molecule has 0 rings (SSSR count). The number of hydrogen-bond donors (Lipinski definition) is 2. The summed E-state index contributed by atoms with van der Waals surface area (Å²) < 4.78 is 0. The fourth-order valence-electron chi connectivity index (χ4n) is 1.01. The molecule has 0 aliphatic carbocycles. The minimum Gasteiger partial charge on any atom is -0.480 e. The molecule has 0 spiro atoms. The summed E-state index contributed by atoms with van der Waals surface area (Å²) in [5.74, 6) is -0.502. The van der Waals surface area contributed by atoms with Crippen LogP contribution in [0.3, 0.4) is 0 Å². The highest BCUT2D eigenvalue weighted by atomic mass is 32.2. The van der Waals surface area contributed by atoms with E-state index in [1.54, 1.807) is 11.8 Å². The molecule has 88 valence electrons. The quantitative estimate of drug-likeness (QED) is 0.699. The molecule has 0 aromatic heterocycles. The van der Waals surface area contributed by atoms with Crippen LogP contribution in [-0.2, 0) is 9.59 Å². The Balaban J connectivity index is 3.86. The topological polar surface area (TPSA) is 66.4 Å². The van der Waals surface area contributed by atoms with Crippen molar-refractivity contribution in [2.24, 2.45) is 0 Å². The van der Waals surface area contributed by atoms with Gasteiger partial charge < -0.3 is 10.4 Å². The molecule has 2 atom stereocenters. The lowest BCUT2D eigenvalue weighted by Crippen LogP contribution is -2.40. The molecule has 2 N–H and O–H groups in total. The van der Waals surface area contributed by atoms with Crippen molar-refractivity contribution in [1.82, 2.24) is 5.32 Å². The Bertz CT molecular complexity index is 221. The Labute approximate surface area is 94.8 Å². The minimum absolute atomic E-state index is 0.295. The first-order valence-corrected chi connectivity index (χ1v) is 6.13. The van der Waals surface area contributed by atoms with E-state index < -0.39 is 12.0 Å². The highest BCUT2D eigenvalue weighted by molar-refractivity contribution is 7.99. The number of nitrogens with one attached hydrogen (secondary N) is 1. The number of thioether (sulfide) groups is 1. The second-order valence-electron chi connectivity index (χ2n) is 3.47. The second-order valence-corrected chi connectivity index (χ2v) is 5.02. The van der Waals surface area contributed by atoms with Crippen molar-refractivity contribution in [2.75, 3.05) is 5.75 Å². The highest BCUT2D eigenvalue weighted by Crippen LogP contribution is 2.15. The largest absolute Gasteiger partial charge is 0.480 e. The number of carboxylic acids is 1. The monoisotopic (exact) mass is 233 g/mol. The van der Waals surface area contributed by atoms with E-state index in [2.05, 4.69) is 19.2 Å². The van der Waals surface area contributed by atoms with E-state index in [1.807, 2.05) is 0 Å². The first-order valence-electron chi connectivity index (χ1n) is 5.08. The molecular weight excluding hydrogens is 214 g/mol. The van der Waals surface area contributed by atoms with Crippen molar-refractivity contribution >= 4 is 23.6 Å². The van der Waals surface area contributed by atoms with Gasteiger partial charge in [0.2, 0.25) is 5.91 Å². The maximum Gasteiger partial charge on any atom is 0.326 e. The first-order chi connectivity index (χ1) is 6.97. The SMILES string of the molecule is CCC(C)SCCC(NC(C)=O)C(=O)O. The zero-order valence-electron chi connectivity index (χ0n) is 9.45. The van der Waals surface area contributed by atoms with Gasteiger partial charge in [-0.15, -0.1) is 0 Å². The molecule has 0 aliphatic rings. The van der Waals surface area contributed by atoms with Gasteiger partial charge in [0.05, 0.1) is 0 Å². The Morgan fingerprint density at radius 3 is 2.47 bits per heavy atom. The summed E-state index contributed by atoms with van der Waals surface area (Å²) in [7, 11) is 0. The number of rotatable bonds is 7. The number of amides is 1. The van der Waals surface area contributed by atoms with Gasteiger partial charge in [-0.05, 0) is 18.6 Å².